The second kappa shape index (κ2) is 2.16. The molecule has 1 aliphatic rings. The first-order chi connectivity index (χ1) is 3.79. The van der Waals surface area contributed by atoms with Crippen LogP contribution in [0.25, 0.3) is 0 Å². The molecule has 1 amide bonds. The molecule has 1 aliphatic carbocycles. The number of nitrogens with zero attached hydrogens (tertiary/aromatic N) is 1. The minimum Gasteiger partial charge on any atom is -0.273 e. The van der Waals surface area contributed by atoms with Crippen molar-refractivity contribution in [1.29, 1.82) is 0 Å². The lowest BCUT2D eigenvalue weighted by atomic mass is 10.4. The lowest BCUT2D eigenvalue weighted by molar-refractivity contribution is -0.119. The van der Waals surface area contributed by atoms with E-state index < -0.39 is 0 Å². The summed E-state index contributed by atoms with van der Waals surface area (Å²) < 4.78 is 0. The molecular weight excluding hydrogens is 102 g/mol. The summed E-state index contributed by atoms with van der Waals surface area (Å²) in [7, 11) is 0. The van der Waals surface area contributed by atoms with Crippen LogP contribution in [0.2, 0.25) is 0 Å². The van der Waals surface area contributed by atoms with Crippen LogP contribution in [0.3, 0.4) is 0 Å². The molecule has 1 rings (SSSR count). The quantitative estimate of drug-likeness (QED) is 0.513. The largest absolute Gasteiger partial charge is 0.273 e. The molecule has 0 aliphatic heterocycles. The maximum Gasteiger partial charge on any atom is 0.238 e. The van der Waals surface area contributed by atoms with Crippen molar-refractivity contribution in [3.05, 3.63) is 0 Å². The van der Waals surface area contributed by atoms with E-state index in [1.807, 2.05) is 0 Å². The lowest BCUT2D eigenvalue weighted by Crippen LogP contribution is -2.13. The van der Waals surface area contributed by atoms with Gasteiger partial charge in [0.05, 0.1) is 0 Å². The average molecular weight is 112 g/mol. The third kappa shape index (κ3) is 1.96. The number of hydrogen-bond acceptors (Lipinski definition) is 1. The molecule has 0 saturated heterocycles. The Morgan fingerprint density at radius 1 is 1.75 bits per heavy atom. The first-order valence-electron chi connectivity index (χ1n) is 2.97. The highest BCUT2D eigenvalue weighted by Gasteiger charge is 2.21. The van der Waals surface area contributed by atoms with Gasteiger partial charge in [0, 0.05) is 13.5 Å². The van der Waals surface area contributed by atoms with Crippen molar-refractivity contribution in [3.63, 3.8) is 0 Å². The van der Waals surface area contributed by atoms with Gasteiger partial charge in [-0.2, -0.15) is 0 Å². The summed E-state index contributed by atoms with van der Waals surface area (Å²) in [5.74, 6) is 0.718. The predicted molar refractivity (Wildman–Crippen MR) is 30.4 cm³/mol. The third-order valence-corrected chi connectivity index (χ3v) is 1.27. The summed E-state index contributed by atoms with van der Waals surface area (Å²) in [5.41, 5.74) is 0. The van der Waals surface area contributed by atoms with Gasteiger partial charge in [0.1, 0.15) is 0 Å². The standard InChI is InChI=1S/C6H10NO/c1-5(8)7-4-6-2-3-6/h6H,2-4H2,1H3. The fourth-order valence-corrected chi connectivity index (χ4v) is 0.558. The van der Waals surface area contributed by atoms with Gasteiger partial charge in [-0.15, -0.1) is 0 Å². The predicted octanol–water partition coefficient (Wildman–Crippen LogP) is 0.547. The van der Waals surface area contributed by atoms with E-state index in [0.29, 0.717) is 0 Å². The molecule has 0 heterocycles. The first-order valence-corrected chi connectivity index (χ1v) is 2.97. The van der Waals surface area contributed by atoms with Crippen LogP contribution in [0, 0.1) is 5.92 Å². The second-order valence-electron chi connectivity index (χ2n) is 2.30. The number of amides is 1. The van der Waals surface area contributed by atoms with Gasteiger partial charge >= 0.3 is 0 Å². The fraction of sp³-hybridized carbons (Fsp3) is 0.833. The third-order valence-electron chi connectivity index (χ3n) is 1.27. The van der Waals surface area contributed by atoms with Crippen molar-refractivity contribution in [2.75, 3.05) is 6.54 Å². The molecule has 1 saturated carbocycles. The van der Waals surface area contributed by atoms with Crippen molar-refractivity contribution in [2.45, 2.75) is 19.8 Å². The maximum atomic E-state index is 10.2. The van der Waals surface area contributed by atoms with E-state index in [2.05, 4.69) is 5.32 Å². The molecule has 8 heavy (non-hydrogen) atoms. The van der Waals surface area contributed by atoms with Gasteiger partial charge in [-0.05, 0) is 18.8 Å². The van der Waals surface area contributed by atoms with E-state index in [4.69, 9.17) is 0 Å². The SMILES string of the molecule is CC(=O)[N]CC1CC1. The molecule has 0 aromatic rings. The van der Waals surface area contributed by atoms with Crippen LogP contribution in [-0.2, 0) is 4.79 Å². The van der Waals surface area contributed by atoms with Gasteiger partial charge in [0.15, 0.2) is 0 Å². The smallest absolute Gasteiger partial charge is 0.238 e. The molecule has 2 nitrogen and oxygen atoms in total. The van der Waals surface area contributed by atoms with E-state index in [1.54, 1.807) is 0 Å². The molecule has 0 bridgehead atoms. The van der Waals surface area contributed by atoms with Crippen LogP contribution in [0.15, 0.2) is 0 Å². The fourth-order valence-electron chi connectivity index (χ4n) is 0.558. The van der Waals surface area contributed by atoms with Gasteiger partial charge in [-0.1, -0.05) is 0 Å². The Balaban J connectivity index is 1.95. The molecule has 0 aromatic carbocycles. The topological polar surface area (TPSA) is 31.2 Å². The number of hydrogen-bond donors (Lipinski definition) is 0. The summed E-state index contributed by atoms with van der Waals surface area (Å²) in [5, 5.41) is 3.75. The molecule has 0 unspecified atom stereocenters. The second-order valence-corrected chi connectivity index (χ2v) is 2.30. The molecular formula is C6H10NO. The molecule has 0 N–H and O–H groups in total. The van der Waals surface area contributed by atoms with E-state index >= 15 is 0 Å². The van der Waals surface area contributed by atoms with Crippen LogP contribution in [-0.4, -0.2) is 12.5 Å². The van der Waals surface area contributed by atoms with Crippen molar-refractivity contribution in [2.24, 2.45) is 5.92 Å². The minimum atomic E-state index is -0.0306. The molecule has 0 spiro atoms. The van der Waals surface area contributed by atoms with Crippen LogP contribution < -0.4 is 5.32 Å². The first kappa shape index (κ1) is 5.60. The van der Waals surface area contributed by atoms with Gasteiger partial charge in [-0.3, -0.25) is 10.1 Å². The van der Waals surface area contributed by atoms with Gasteiger partial charge in [0.2, 0.25) is 5.91 Å². The van der Waals surface area contributed by atoms with E-state index in [-0.39, 0.29) is 5.91 Å². The number of carbonyl (C=O) groups excluding carboxylic acids is 1. The van der Waals surface area contributed by atoms with Crippen molar-refractivity contribution >= 4 is 5.91 Å². The molecule has 1 radical (unpaired) electrons. The Morgan fingerprint density at radius 3 is 2.75 bits per heavy atom. The highest BCUT2D eigenvalue weighted by molar-refractivity contribution is 5.72. The van der Waals surface area contributed by atoms with Crippen LogP contribution in [0.5, 0.6) is 0 Å². The summed E-state index contributed by atoms with van der Waals surface area (Å²) in [6.45, 7) is 2.28. The molecule has 2 heteroatoms. The number of carbonyl (C=O) groups is 1. The zero-order valence-electron chi connectivity index (χ0n) is 5.05. The Morgan fingerprint density at radius 2 is 2.38 bits per heavy atom. The average Bonchev–Trinajstić information content (AvgIpc) is 2.41. The Bertz CT molecular complexity index is 96.7. The highest BCUT2D eigenvalue weighted by atomic mass is 16.1. The number of rotatable bonds is 2. The molecule has 45 valence electrons. The molecule has 0 aromatic heterocycles. The summed E-state index contributed by atoms with van der Waals surface area (Å²) in [6, 6.07) is 0. The summed E-state index contributed by atoms with van der Waals surface area (Å²) in [6.07, 6.45) is 2.55. The van der Waals surface area contributed by atoms with E-state index in [0.717, 1.165) is 12.5 Å². The van der Waals surface area contributed by atoms with Crippen molar-refractivity contribution in [1.82, 2.24) is 5.32 Å². The highest BCUT2D eigenvalue weighted by Crippen LogP contribution is 2.27. The lowest BCUT2D eigenvalue weighted by Gasteiger charge is -1.91. The Labute approximate surface area is 49.3 Å². The van der Waals surface area contributed by atoms with Crippen molar-refractivity contribution < 1.29 is 4.79 Å². The summed E-state index contributed by atoms with van der Waals surface area (Å²) in [4.78, 5) is 10.2. The Kier molecular flexibility index (Phi) is 1.51. The normalized spacial score (nSPS) is 18.1. The monoisotopic (exact) mass is 112 g/mol. The van der Waals surface area contributed by atoms with Gasteiger partial charge < -0.3 is 0 Å². The van der Waals surface area contributed by atoms with Gasteiger partial charge in [-0.25, -0.2) is 0 Å². The molecule has 0 atom stereocenters. The summed E-state index contributed by atoms with van der Waals surface area (Å²) >= 11 is 0. The van der Waals surface area contributed by atoms with Crippen molar-refractivity contribution in [3.8, 4) is 0 Å². The molecule has 1 fully saturated rings. The Hall–Kier alpha value is -0.530. The minimum absolute atomic E-state index is 0.0306. The van der Waals surface area contributed by atoms with Gasteiger partial charge in [0.25, 0.3) is 0 Å². The zero-order chi connectivity index (χ0) is 5.98. The van der Waals surface area contributed by atoms with Crippen LogP contribution in [0.4, 0.5) is 0 Å². The van der Waals surface area contributed by atoms with Crippen LogP contribution >= 0.6 is 0 Å². The maximum absolute atomic E-state index is 10.2. The zero-order valence-corrected chi connectivity index (χ0v) is 5.05. The van der Waals surface area contributed by atoms with E-state index in [9.17, 15) is 4.79 Å². The van der Waals surface area contributed by atoms with Crippen LogP contribution in [0.1, 0.15) is 19.8 Å². The van der Waals surface area contributed by atoms with E-state index in [1.165, 1.54) is 19.8 Å².